The summed E-state index contributed by atoms with van der Waals surface area (Å²) in [6, 6.07) is 13.5. The summed E-state index contributed by atoms with van der Waals surface area (Å²) in [6.45, 7) is 3.89. The highest BCUT2D eigenvalue weighted by molar-refractivity contribution is 7.92. The van der Waals surface area contributed by atoms with Crippen LogP contribution in [0.3, 0.4) is 0 Å². The van der Waals surface area contributed by atoms with Crippen molar-refractivity contribution in [3.63, 3.8) is 0 Å². The van der Waals surface area contributed by atoms with E-state index in [2.05, 4.69) is 22.1 Å². The molecule has 7 nitrogen and oxygen atoms in total. The first kappa shape index (κ1) is 21.6. The van der Waals surface area contributed by atoms with Crippen molar-refractivity contribution in [1.29, 1.82) is 0 Å². The van der Waals surface area contributed by atoms with Gasteiger partial charge in [0.05, 0.1) is 4.90 Å². The second-order valence-electron chi connectivity index (χ2n) is 7.21. The van der Waals surface area contributed by atoms with Crippen molar-refractivity contribution in [3.05, 3.63) is 71.4 Å². The highest BCUT2D eigenvalue weighted by Gasteiger charge is 2.19. The molecule has 30 heavy (non-hydrogen) atoms. The van der Waals surface area contributed by atoms with Gasteiger partial charge in [-0.3, -0.25) is 14.2 Å². The molecular weight excluding hydrogens is 400 g/mol. The monoisotopic (exact) mass is 426 g/mol. The Kier molecular flexibility index (Phi) is 6.56. The van der Waals surface area contributed by atoms with Crippen LogP contribution in [0.25, 0.3) is 0 Å². The molecule has 0 aliphatic carbocycles. The number of unbranched alkanes of at least 4 members (excludes halogenated alkanes) is 1. The molecule has 0 atom stereocenters. The Hall–Kier alpha value is -3.13. The van der Waals surface area contributed by atoms with Crippen molar-refractivity contribution in [3.8, 4) is 0 Å². The molecule has 1 heterocycles. The molecule has 0 unspecified atom stereocenters. The van der Waals surface area contributed by atoms with E-state index < -0.39 is 15.9 Å². The average molecular weight is 427 g/mol. The van der Waals surface area contributed by atoms with Gasteiger partial charge in [-0.25, -0.2) is 8.42 Å². The molecule has 1 amide bonds. The maximum absolute atomic E-state index is 12.8. The Morgan fingerprint density at radius 2 is 1.83 bits per heavy atom. The Balaban J connectivity index is 1.78. The van der Waals surface area contributed by atoms with Gasteiger partial charge in [-0.1, -0.05) is 31.5 Å². The summed E-state index contributed by atoms with van der Waals surface area (Å²) in [5, 5.41) is 6.80. The summed E-state index contributed by atoms with van der Waals surface area (Å²) in [7, 11) is -2.09. The van der Waals surface area contributed by atoms with Crippen LogP contribution in [0.15, 0.2) is 59.6 Å². The van der Waals surface area contributed by atoms with Crippen molar-refractivity contribution < 1.29 is 13.2 Å². The van der Waals surface area contributed by atoms with E-state index in [-0.39, 0.29) is 10.5 Å². The van der Waals surface area contributed by atoms with Gasteiger partial charge in [0.1, 0.15) is 0 Å². The van der Waals surface area contributed by atoms with Crippen molar-refractivity contribution in [1.82, 2.24) is 9.78 Å². The van der Waals surface area contributed by atoms with Crippen molar-refractivity contribution >= 4 is 27.4 Å². The number of hydrogen-bond acceptors (Lipinski definition) is 4. The van der Waals surface area contributed by atoms with E-state index in [0.717, 1.165) is 19.3 Å². The van der Waals surface area contributed by atoms with E-state index >= 15 is 0 Å². The van der Waals surface area contributed by atoms with Crippen LogP contribution in [0, 0.1) is 6.92 Å². The van der Waals surface area contributed by atoms with E-state index in [0.29, 0.717) is 17.1 Å². The zero-order valence-corrected chi connectivity index (χ0v) is 18.2. The van der Waals surface area contributed by atoms with Gasteiger partial charge in [0.25, 0.3) is 15.9 Å². The smallest absolute Gasteiger partial charge is 0.261 e. The third-order valence-electron chi connectivity index (χ3n) is 4.74. The summed E-state index contributed by atoms with van der Waals surface area (Å²) >= 11 is 0. The number of hydrogen-bond donors (Lipinski definition) is 2. The first-order valence-corrected chi connectivity index (χ1v) is 11.3. The molecule has 2 aromatic carbocycles. The van der Waals surface area contributed by atoms with Crippen LogP contribution in [0.1, 0.15) is 41.3 Å². The topological polar surface area (TPSA) is 93.1 Å². The molecule has 0 radical (unpaired) electrons. The molecule has 0 spiro atoms. The first-order chi connectivity index (χ1) is 14.3. The third-order valence-corrected chi connectivity index (χ3v) is 6.12. The fourth-order valence-electron chi connectivity index (χ4n) is 3.01. The predicted octanol–water partition coefficient (Wildman–Crippen LogP) is 4.12. The number of nitrogens with one attached hydrogen (secondary N) is 2. The summed E-state index contributed by atoms with van der Waals surface area (Å²) in [4.78, 5) is 12.7. The number of carbonyl (C=O) groups excluding carboxylic acids is 1. The van der Waals surface area contributed by atoms with Crippen LogP contribution < -0.4 is 10.0 Å². The van der Waals surface area contributed by atoms with Crippen LogP contribution in [0.4, 0.5) is 11.5 Å². The fourth-order valence-corrected chi connectivity index (χ4v) is 4.10. The summed E-state index contributed by atoms with van der Waals surface area (Å²) in [6.07, 6.45) is 4.88. The average Bonchev–Trinajstić information content (AvgIpc) is 3.11. The molecule has 0 saturated heterocycles. The molecule has 0 fully saturated rings. The zero-order chi connectivity index (χ0) is 21.7. The Labute approximate surface area is 177 Å². The first-order valence-electron chi connectivity index (χ1n) is 9.82. The van der Waals surface area contributed by atoms with Gasteiger partial charge in [-0.2, -0.15) is 5.10 Å². The lowest BCUT2D eigenvalue weighted by Gasteiger charge is -2.12. The van der Waals surface area contributed by atoms with Gasteiger partial charge in [0, 0.05) is 30.6 Å². The highest BCUT2D eigenvalue weighted by atomic mass is 32.2. The quantitative estimate of drug-likeness (QED) is 0.566. The van der Waals surface area contributed by atoms with Gasteiger partial charge in [0.15, 0.2) is 5.82 Å². The molecule has 1 aromatic heterocycles. The van der Waals surface area contributed by atoms with Crippen molar-refractivity contribution in [2.45, 2.75) is 38.0 Å². The van der Waals surface area contributed by atoms with E-state index in [4.69, 9.17) is 0 Å². The molecule has 8 heteroatoms. The maximum atomic E-state index is 12.8. The number of aryl methyl sites for hydroxylation is 3. The van der Waals surface area contributed by atoms with Gasteiger partial charge < -0.3 is 5.32 Å². The number of benzene rings is 2. The van der Waals surface area contributed by atoms with Gasteiger partial charge in [-0.05, 0) is 55.2 Å². The molecule has 158 valence electrons. The van der Waals surface area contributed by atoms with E-state index in [1.165, 1.54) is 17.7 Å². The normalized spacial score (nSPS) is 11.3. The molecule has 3 rings (SSSR count). The second kappa shape index (κ2) is 9.13. The summed E-state index contributed by atoms with van der Waals surface area (Å²) < 4.78 is 29.8. The number of aromatic nitrogens is 2. The van der Waals surface area contributed by atoms with Crippen LogP contribution in [0.2, 0.25) is 0 Å². The maximum Gasteiger partial charge on any atom is 0.261 e. The third kappa shape index (κ3) is 5.27. The van der Waals surface area contributed by atoms with Crippen LogP contribution in [0.5, 0.6) is 0 Å². The number of anilines is 2. The molecular formula is C22H26N4O3S. The number of rotatable bonds is 8. The zero-order valence-electron chi connectivity index (χ0n) is 17.3. The lowest BCUT2D eigenvalue weighted by atomic mass is 10.1. The number of amides is 1. The van der Waals surface area contributed by atoms with Gasteiger partial charge in [0.2, 0.25) is 0 Å². The van der Waals surface area contributed by atoms with Crippen LogP contribution in [-0.2, 0) is 23.5 Å². The van der Waals surface area contributed by atoms with Crippen LogP contribution >= 0.6 is 0 Å². The van der Waals surface area contributed by atoms with Crippen LogP contribution in [-0.4, -0.2) is 24.1 Å². The number of carbonyl (C=O) groups is 1. The summed E-state index contributed by atoms with van der Waals surface area (Å²) in [5.41, 5.74) is 2.60. The molecule has 0 aliphatic heterocycles. The molecule has 3 aromatic rings. The van der Waals surface area contributed by atoms with E-state index in [1.54, 1.807) is 49.1 Å². The second-order valence-corrected chi connectivity index (χ2v) is 8.89. The Morgan fingerprint density at radius 3 is 2.47 bits per heavy atom. The molecule has 0 saturated carbocycles. The predicted molar refractivity (Wildman–Crippen MR) is 118 cm³/mol. The van der Waals surface area contributed by atoms with Crippen molar-refractivity contribution in [2.24, 2.45) is 7.05 Å². The minimum Gasteiger partial charge on any atom is -0.305 e. The number of sulfonamides is 1. The highest BCUT2D eigenvalue weighted by Crippen LogP contribution is 2.21. The molecule has 2 N–H and O–H groups in total. The molecule has 0 aliphatic rings. The lowest BCUT2D eigenvalue weighted by Crippen LogP contribution is -2.17. The lowest BCUT2D eigenvalue weighted by molar-refractivity contribution is 0.102. The SMILES string of the molecule is CCCCc1ccc(NS(=O)(=O)c2ccc(C)c(C(=O)Nc3ccn(C)n3)c2)cc1. The van der Waals surface area contributed by atoms with E-state index in [9.17, 15) is 13.2 Å². The Morgan fingerprint density at radius 1 is 1.10 bits per heavy atom. The summed E-state index contributed by atoms with van der Waals surface area (Å²) in [5.74, 6) is -0.0139. The van der Waals surface area contributed by atoms with E-state index in [1.807, 2.05) is 12.1 Å². The standard InChI is InChI=1S/C22H26N4O3S/c1-4-5-6-17-8-10-18(11-9-17)25-30(28,29)19-12-7-16(2)20(15-19)22(27)23-21-13-14-26(3)24-21/h7-15,25H,4-6H2,1-3H3,(H,23,24,27). The Bertz CT molecular complexity index is 1140. The molecule has 0 bridgehead atoms. The minimum atomic E-state index is -3.83. The number of nitrogens with zero attached hydrogens (tertiary/aromatic N) is 2. The van der Waals surface area contributed by atoms with Gasteiger partial charge >= 0.3 is 0 Å². The largest absolute Gasteiger partial charge is 0.305 e. The minimum absolute atomic E-state index is 0.0225. The fraction of sp³-hybridized carbons (Fsp3) is 0.273. The van der Waals surface area contributed by atoms with Crippen molar-refractivity contribution in [2.75, 3.05) is 10.0 Å². The van der Waals surface area contributed by atoms with Gasteiger partial charge in [-0.15, -0.1) is 0 Å².